The standard InChI is InChI=1S/C18H19N3/c1-12(19)14-4-3-5-15(9-14)17-11-21-18-8-13(10-20-2)6-7-16(17)18/h3-9,11,20-21H,1,10,19H2,2H3. The Morgan fingerprint density at radius 2 is 2.10 bits per heavy atom. The van der Waals surface area contributed by atoms with Crippen LogP contribution in [0.5, 0.6) is 0 Å². The van der Waals surface area contributed by atoms with Gasteiger partial charge in [-0.3, -0.25) is 0 Å². The van der Waals surface area contributed by atoms with E-state index in [-0.39, 0.29) is 0 Å². The number of nitrogens with two attached hydrogens (primary N) is 1. The first kappa shape index (κ1) is 13.5. The van der Waals surface area contributed by atoms with Crippen molar-refractivity contribution in [3.8, 4) is 11.1 Å². The smallest absolute Gasteiger partial charge is 0.0463 e. The van der Waals surface area contributed by atoms with Gasteiger partial charge in [-0.1, -0.05) is 36.9 Å². The van der Waals surface area contributed by atoms with Crippen molar-refractivity contribution in [2.75, 3.05) is 7.05 Å². The number of aromatic amines is 1. The third kappa shape index (κ3) is 2.56. The number of benzene rings is 2. The Morgan fingerprint density at radius 1 is 1.24 bits per heavy atom. The van der Waals surface area contributed by atoms with Gasteiger partial charge in [0.1, 0.15) is 0 Å². The van der Waals surface area contributed by atoms with Crippen molar-refractivity contribution >= 4 is 16.6 Å². The zero-order valence-electron chi connectivity index (χ0n) is 12.1. The molecule has 0 saturated heterocycles. The van der Waals surface area contributed by atoms with Crippen LogP contribution in [0, 0.1) is 0 Å². The minimum absolute atomic E-state index is 0.591. The highest BCUT2D eigenvalue weighted by Gasteiger charge is 2.07. The molecule has 4 N–H and O–H groups in total. The van der Waals surface area contributed by atoms with Gasteiger partial charge in [0.15, 0.2) is 0 Å². The minimum Gasteiger partial charge on any atom is -0.399 e. The summed E-state index contributed by atoms with van der Waals surface area (Å²) in [7, 11) is 1.95. The average Bonchev–Trinajstić information content (AvgIpc) is 2.91. The molecule has 3 rings (SSSR count). The van der Waals surface area contributed by atoms with Gasteiger partial charge in [-0.25, -0.2) is 0 Å². The topological polar surface area (TPSA) is 53.8 Å². The van der Waals surface area contributed by atoms with E-state index in [4.69, 9.17) is 5.73 Å². The van der Waals surface area contributed by atoms with E-state index in [1.807, 2.05) is 25.4 Å². The van der Waals surface area contributed by atoms with Crippen LogP contribution in [0.15, 0.2) is 55.2 Å². The normalized spacial score (nSPS) is 10.9. The zero-order valence-corrected chi connectivity index (χ0v) is 12.1. The summed E-state index contributed by atoms with van der Waals surface area (Å²) in [6.07, 6.45) is 2.05. The molecule has 0 amide bonds. The second kappa shape index (κ2) is 5.46. The van der Waals surface area contributed by atoms with Crippen LogP contribution in [0.4, 0.5) is 0 Å². The molecule has 2 aromatic carbocycles. The number of fused-ring (bicyclic) bond motifs is 1. The predicted octanol–water partition coefficient (Wildman–Crippen LogP) is 3.48. The zero-order chi connectivity index (χ0) is 14.8. The average molecular weight is 277 g/mol. The summed E-state index contributed by atoms with van der Waals surface area (Å²) < 4.78 is 0. The molecule has 0 saturated carbocycles. The third-order valence-electron chi connectivity index (χ3n) is 3.67. The molecule has 1 heterocycles. The largest absolute Gasteiger partial charge is 0.399 e. The van der Waals surface area contributed by atoms with Crippen LogP contribution in [0.1, 0.15) is 11.1 Å². The maximum Gasteiger partial charge on any atom is 0.0463 e. The number of nitrogens with one attached hydrogen (secondary N) is 2. The fourth-order valence-electron chi connectivity index (χ4n) is 2.61. The molecule has 3 heteroatoms. The minimum atomic E-state index is 0.591. The summed E-state index contributed by atoms with van der Waals surface area (Å²) in [6.45, 7) is 4.67. The van der Waals surface area contributed by atoms with Gasteiger partial charge in [-0.2, -0.15) is 0 Å². The van der Waals surface area contributed by atoms with Crippen LogP contribution in [0.25, 0.3) is 27.7 Å². The van der Waals surface area contributed by atoms with Crippen molar-refractivity contribution in [3.05, 3.63) is 66.4 Å². The quantitative estimate of drug-likeness (QED) is 0.684. The van der Waals surface area contributed by atoms with Crippen molar-refractivity contribution in [1.82, 2.24) is 10.3 Å². The molecule has 21 heavy (non-hydrogen) atoms. The van der Waals surface area contributed by atoms with Crippen LogP contribution in [0.2, 0.25) is 0 Å². The molecule has 0 aliphatic carbocycles. The highest BCUT2D eigenvalue weighted by molar-refractivity contribution is 5.96. The first-order valence-electron chi connectivity index (χ1n) is 6.99. The van der Waals surface area contributed by atoms with E-state index in [1.165, 1.54) is 16.5 Å². The Morgan fingerprint density at radius 3 is 2.86 bits per heavy atom. The number of H-pyrrole nitrogens is 1. The summed E-state index contributed by atoms with van der Waals surface area (Å²) in [4.78, 5) is 3.35. The maximum absolute atomic E-state index is 5.79. The first-order chi connectivity index (χ1) is 10.2. The highest BCUT2D eigenvalue weighted by Crippen LogP contribution is 2.30. The molecule has 0 spiro atoms. The van der Waals surface area contributed by atoms with E-state index in [1.54, 1.807) is 0 Å². The SMILES string of the molecule is C=C(N)c1cccc(-c2c[nH]c3cc(CNC)ccc23)c1. The van der Waals surface area contributed by atoms with E-state index in [0.717, 1.165) is 23.2 Å². The second-order valence-electron chi connectivity index (χ2n) is 5.22. The van der Waals surface area contributed by atoms with Crippen LogP contribution < -0.4 is 11.1 Å². The lowest BCUT2D eigenvalue weighted by atomic mass is 10.0. The summed E-state index contributed by atoms with van der Waals surface area (Å²) in [5.41, 5.74) is 12.1. The van der Waals surface area contributed by atoms with Crippen molar-refractivity contribution in [2.24, 2.45) is 5.73 Å². The number of hydrogen-bond acceptors (Lipinski definition) is 2. The predicted molar refractivity (Wildman–Crippen MR) is 89.7 cm³/mol. The number of hydrogen-bond donors (Lipinski definition) is 3. The van der Waals surface area contributed by atoms with Gasteiger partial charge in [-0.15, -0.1) is 0 Å². The molecular formula is C18H19N3. The highest BCUT2D eigenvalue weighted by atomic mass is 14.8. The van der Waals surface area contributed by atoms with Gasteiger partial charge in [0.05, 0.1) is 0 Å². The Kier molecular flexibility index (Phi) is 3.50. The fourth-order valence-corrected chi connectivity index (χ4v) is 2.61. The lowest BCUT2D eigenvalue weighted by molar-refractivity contribution is 0.819. The lowest BCUT2D eigenvalue weighted by Gasteiger charge is -2.05. The maximum atomic E-state index is 5.79. The Hall–Kier alpha value is -2.52. The molecular weight excluding hydrogens is 258 g/mol. The molecule has 0 bridgehead atoms. The summed E-state index contributed by atoms with van der Waals surface area (Å²) in [5.74, 6) is 0. The molecule has 0 fully saturated rings. The van der Waals surface area contributed by atoms with Crippen LogP contribution >= 0.6 is 0 Å². The fraction of sp³-hybridized carbons (Fsp3) is 0.111. The van der Waals surface area contributed by atoms with Crippen molar-refractivity contribution < 1.29 is 0 Å². The van der Waals surface area contributed by atoms with Crippen molar-refractivity contribution in [2.45, 2.75) is 6.54 Å². The van der Waals surface area contributed by atoms with E-state index >= 15 is 0 Å². The van der Waals surface area contributed by atoms with E-state index in [0.29, 0.717) is 5.70 Å². The first-order valence-corrected chi connectivity index (χ1v) is 6.99. The number of aromatic nitrogens is 1. The summed E-state index contributed by atoms with van der Waals surface area (Å²) >= 11 is 0. The van der Waals surface area contributed by atoms with Crippen molar-refractivity contribution in [3.63, 3.8) is 0 Å². The van der Waals surface area contributed by atoms with Gasteiger partial charge in [0, 0.05) is 34.9 Å². The van der Waals surface area contributed by atoms with E-state index < -0.39 is 0 Å². The molecule has 106 valence electrons. The van der Waals surface area contributed by atoms with Gasteiger partial charge in [-0.05, 0) is 35.9 Å². The number of rotatable bonds is 4. The molecule has 0 unspecified atom stereocenters. The Labute approximate surface area is 124 Å². The Balaban J connectivity index is 2.08. The Bertz CT molecular complexity index is 799. The summed E-state index contributed by atoms with van der Waals surface area (Å²) in [5, 5.41) is 4.39. The van der Waals surface area contributed by atoms with Gasteiger partial charge in [0.2, 0.25) is 0 Å². The molecule has 3 nitrogen and oxygen atoms in total. The second-order valence-corrected chi connectivity index (χ2v) is 5.22. The van der Waals surface area contributed by atoms with E-state index in [2.05, 4.69) is 47.2 Å². The molecule has 1 aromatic heterocycles. The van der Waals surface area contributed by atoms with E-state index in [9.17, 15) is 0 Å². The molecule has 3 aromatic rings. The molecule has 0 aliphatic heterocycles. The van der Waals surface area contributed by atoms with Crippen LogP contribution in [-0.4, -0.2) is 12.0 Å². The van der Waals surface area contributed by atoms with Crippen LogP contribution in [-0.2, 0) is 6.54 Å². The van der Waals surface area contributed by atoms with Crippen LogP contribution in [0.3, 0.4) is 0 Å². The van der Waals surface area contributed by atoms with Gasteiger partial charge < -0.3 is 16.0 Å². The van der Waals surface area contributed by atoms with Gasteiger partial charge in [0.25, 0.3) is 0 Å². The lowest BCUT2D eigenvalue weighted by Crippen LogP contribution is -2.04. The van der Waals surface area contributed by atoms with Crippen molar-refractivity contribution in [1.29, 1.82) is 0 Å². The molecule has 0 radical (unpaired) electrons. The summed E-state index contributed by atoms with van der Waals surface area (Å²) in [6, 6.07) is 14.7. The monoisotopic (exact) mass is 277 g/mol. The molecule has 0 atom stereocenters. The third-order valence-corrected chi connectivity index (χ3v) is 3.67. The molecule has 0 aliphatic rings. The van der Waals surface area contributed by atoms with Gasteiger partial charge >= 0.3 is 0 Å².